The Morgan fingerprint density at radius 1 is 1.21 bits per heavy atom. The van der Waals surface area contributed by atoms with Gasteiger partial charge in [0.1, 0.15) is 0 Å². The zero-order valence-electron chi connectivity index (χ0n) is 15.9. The minimum absolute atomic E-state index is 0.0303. The van der Waals surface area contributed by atoms with Crippen LogP contribution < -0.4 is 5.32 Å². The summed E-state index contributed by atoms with van der Waals surface area (Å²) in [5.74, 6) is -0.373. The Balaban J connectivity index is 1.79. The van der Waals surface area contributed by atoms with Crippen LogP contribution in [0.25, 0.3) is 0 Å². The van der Waals surface area contributed by atoms with Crippen molar-refractivity contribution in [2.45, 2.75) is 51.4 Å². The molecule has 1 aromatic heterocycles. The zero-order valence-corrected chi connectivity index (χ0v) is 15.9. The molecule has 2 saturated heterocycles. The summed E-state index contributed by atoms with van der Waals surface area (Å²) in [4.78, 5) is 31.5. The van der Waals surface area contributed by atoms with Gasteiger partial charge in [-0.1, -0.05) is 0 Å². The molecule has 3 rings (SSSR count). The van der Waals surface area contributed by atoms with Gasteiger partial charge in [0.2, 0.25) is 11.8 Å². The van der Waals surface area contributed by atoms with E-state index in [0.29, 0.717) is 18.7 Å². The lowest BCUT2D eigenvalue weighted by Crippen LogP contribution is -2.38. The van der Waals surface area contributed by atoms with Gasteiger partial charge in [-0.05, 0) is 38.3 Å². The van der Waals surface area contributed by atoms with Gasteiger partial charge in [0.05, 0.1) is 23.8 Å². The summed E-state index contributed by atoms with van der Waals surface area (Å²) < 4.78 is 40.6. The van der Waals surface area contributed by atoms with Gasteiger partial charge >= 0.3 is 6.18 Å². The van der Waals surface area contributed by atoms with Crippen molar-refractivity contribution in [1.82, 2.24) is 20.1 Å². The third kappa shape index (κ3) is 4.81. The van der Waals surface area contributed by atoms with E-state index in [1.54, 1.807) is 0 Å². The zero-order chi connectivity index (χ0) is 20.3. The Morgan fingerprint density at radius 3 is 2.57 bits per heavy atom. The smallest absolute Gasteiger partial charge is 0.352 e. The van der Waals surface area contributed by atoms with Crippen LogP contribution in [0.1, 0.15) is 55.5 Å². The molecule has 1 atom stereocenters. The number of nitrogens with one attached hydrogen (secondary N) is 1. The highest BCUT2D eigenvalue weighted by Gasteiger charge is 2.36. The van der Waals surface area contributed by atoms with Gasteiger partial charge in [0.25, 0.3) is 0 Å². The van der Waals surface area contributed by atoms with Gasteiger partial charge in [-0.15, -0.1) is 0 Å². The summed E-state index contributed by atoms with van der Waals surface area (Å²) >= 11 is 0. The van der Waals surface area contributed by atoms with Crippen molar-refractivity contribution in [2.24, 2.45) is 0 Å². The van der Waals surface area contributed by atoms with Crippen molar-refractivity contribution in [3.05, 3.63) is 29.1 Å². The lowest BCUT2D eigenvalue weighted by atomic mass is 10.0. The number of aromatic nitrogens is 1. The second-order valence-corrected chi connectivity index (χ2v) is 7.39. The Bertz CT molecular complexity index is 732. The van der Waals surface area contributed by atoms with Crippen molar-refractivity contribution in [3.63, 3.8) is 0 Å². The Labute approximate surface area is 162 Å². The molecular formula is C19H25F3N4O2. The maximum Gasteiger partial charge on any atom is 0.416 e. The lowest BCUT2D eigenvalue weighted by Gasteiger charge is -2.26. The summed E-state index contributed by atoms with van der Waals surface area (Å²) in [6.45, 7) is 3.42. The first-order valence-electron chi connectivity index (χ1n) is 9.58. The van der Waals surface area contributed by atoms with Crippen molar-refractivity contribution in [3.8, 4) is 0 Å². The largest absolute Gasteiger partial charge is 0.416 e. The SMILES string of the molecule is CC(=O)NCc1cnc([C@H]2CCCN2CC(=O)N2CCCC2)cc1C(F)(F)F. The van der Waals surface area contributed by atoms with E-state index in [9.17, 15) is 22.8 Å². The molecule has 2 aliphatic rings. The number of nitrogens with zero attached hydrogens (tertiary/aromatic N) is 3. The minimum atomic E-state index is -4.54. The van der Waals surface area contributed by atoms with Crippen LogP contribution in [0.2, 0.25) is 0 Å². The second kappa shape index (κ2) is 8.46. The topological polar surface area (TPSA) is 65.5 Å². The van der Waals surface area contributed by atoms with Crippen LogP contribution in [0.5, 0.6) is 0 Å². The first kappa shape index (κ1) is 20.6. The predicted octanol–water partition coefficient (Wildman–Crippen LogP) is 2.50. The van der Waals surface area contributed by atoms with E-state index in [0.717, 1.165) is 38.4 Å². The average molecular weight is 398 g/mol. The van der Waals surface area contributed by atoms with Crippen LogP contribution in [0.15, 0.2) is 12.3 Å². The van der Waals surface area contributed by atoms with Crippen LogP contribution in [0.3, 0.4) is 0 Å². The Morgan fingerprint density at radius 2 is 1.93 bits per heavy atom. The van der Waals surface area contributed by atoms with E-state index in [1.165, 1.54) is 13.1 Å². The van der Waals surface area contributed by atoms with E-state index < -0.39 is 17.6 Å². The molecule has 0 spiro atoms. The molecule has 1 N–H and O–H groups in total. The fraction of sp³-hybridized carbons (Fsp3) is 0.632. The molecule has 0 radical (unpaired) electrons. The van der Waals surface area contributed by atoms with Crippen molar-refractivity contribution in [2.75, 3.05) is 26.2 Å². The van der Waals surface area contributed by atoms with Gasteiger partial charge in [-0.2, -0.15) is 13.2 Å². The van der Waals surface area contributed by atoms with Crippen molar-refractivity contribution < 1.29 is 22.8 Å². The van der Waals surface area contributed by atoms with Gasteiger partial charge in [0, 0.05) is 38.3 Å². The van der Waals surface area contributed by atoms with Crippen molar-refractivity contribution in [1.29, 1.82) is 0 Å². The monoisotopic (exact) mass is 398 g/mol. The molecule has 6 nitrogen and oxygen atoms in total. The highest BCUT2D eigenvalue weighted by Crippen LogP contribution is 2.36. The number of hydrogen-bond acceptors (Lipinski definition) is 4. The molecule has 9 heteroatoms. The maximum atomic E-state index is 13.5. The molecule has 0 aliphatic carbocycles. The number of carbonyl (C=O) groups excluding carboxylic acids is 2. The summed E-state index contributed by atoms with van der Waals surface area (Å²) in [7, 11) is 0. The Kier molecular flexibility index (Phi) is 6.22. The maximum absolute atomic E-state index is 13.5. The number of amides is 2. The number of carbonyl (C=O) groups is 2. The van der Waals surface area contributed by atoms with Gasteiger partial charge in [0.15, 0.2) is 0 Å². The number of alkyl halides is 3. The summed E-state index contributed by atoms with van der Waals surface area (Å²) in [6.07, 6.45) is 0.132. The van der Waals surface area contributed by atoms with Crippen LogP contribution >= 0.6 is 0 Å². The van der Waals surface area contributed by atoms with Crippen LogP contribution in [0, 0.1) is 0 Å². The molecule has 0 unspecified atom stereocenters. The summed E-state index contributed by atoms with van der Waals surface area (Å²) in [5, 5.41) is 2.39. The fourth-order valence-corrected chi connectivity index (χ4v) is 3.90. The van der Waals surface area contributed by atoms with Gasteiger partial charge in [-0.25, -0.2) is 0 Å². The van der Waals surface area contributed by atoms with E-state index in [1.807, 2.05) is 9.80 Å². The second-order valence-electron chi connectivity index (χ2n) is 7.39. The summed E-state index contributed by atoms with van der Waals surface area (Å²) in [6, 6.07) is 0.767. The van der Waals surface area contributed by atoms with Crippen LogP contribution in [-0.4, -0.2) is 52.8 Å². The molecule has 1 aromatic rings. The molecule has 0 bridgehead atoms. The number of halogens is 3. The third-order valence-electron chi connectivity index (χ3n) is 5.34. The number of pyridine rings is 1. The molecule has 0 aromatic carbocycles. The number of hydrogen-bond donors (Lipinski definition) is 1. The van der Waals surface area contributed by atoms with E-state index in [-0.39, 0.29) is 30.6 Å². The standard InChI is InChI=1S/C19H25F3N4O2/c1-13(27)23-10-14-11-24-16(9-15(14)19(20,21)22)17-5-4-8-26(17)12-18(28)25-6-2-3-7-25/h9,11,17H,2-8,10,12H2,1H3,(H,23,27)/t17-/m1/s1. The highest BCUT2D eigenvalue weighted by molar-refractivity contribution is 5.78. The van der Waals surface area contributed by atoms with Crippen LogP contribution in [-0.2, 0) is 22.3 Å². The van der Waals surface area contributed by atoms with E-state index in [2.05, 4.69) is 10.3 Å². The molecule has 28 heavy (non-hydrogen) atoms. The molecule has 154 valence electrons. The summed E-state index contributed by atoms with van der Waals surface area (Å²) in [5.41, 5.74) is -0.529. The molecule has 0 saturated carbocycles. The molecule has 2 aliphatic heterocycles. The Hall–Kier alpha value is -2.16. The minimum Gasteiger partial charge on any atom is -0.352 e. The molecule has 2 fully saturated rings. The first-order valence-corrected chi connectivity index (χ1v) is 9.58. The van der Waals surface area contributed by atoms with Crippen LogP contribution in [0.4, 0.5) is 13.2 Å². The normalized spacial score (nSPS) is 20.6. The van der Waals surface area contributed by atoms with E-state index >= 15 is 0 Å². The molecule has 3 heterocycles. The number of rotatable bonds is 5. The predicted molar refractivity (Wildman–Crippen MR) is 96.1 cm³/mol. The average Bonchev–Trinajstić information content (AvgIpc) is 3.31. The third-order valence-corrected chi connectivity index (χ3v) is 5.34. The van der Waals surface area contributed by atoms with Crippen molar-refractivity contribution >= 4 is 11.8 Å². The van der Waals surface area contributed by atoms with Gasteiger partial charge < -0.3 is 10.2 Å². The first-order chi connectivity index (χ1) is 13.3. The fourth-order valence-electron chi connectivity index (χ4n) is 3.90. The lowest BCUT2D eigenvalue weighted by molar-refractivity contribution is -0.138. The molecular weight excluding hydrogens is 373 g/mol. The molecule has 2 amide bonds. The van der Waals surface area contributed by atoms with Gasteiger partial charge in [-0.3, -0.25) is 19.5 Å². The number of likely N-dealkylation sites (tertiary alicyclic amines) is 2. The quantitative estimate of drug-likeness (QED) is 0.828. The highest BCUT2D eigenvalue weighted by atomic mass is 19.4. The van der Waals surface area contributed by atoms with E-state index in [4.69, 9.17) is 0 Å².